The normalized spacial score (nSPS) is 21.1. The Kier molecular flexibility index (Phi) is 4.73. The van der Waals surface area contributed by atoms with E-state index < -0.39 is 0 Å². The highest BCUT2D eigenvalue weighted by Crippen LogP contribution is 2.27. The minimum atomic E-state index is -0.111. The van der Waals surface area contributed by atoms with Crippen molar-refractivity contribution in [1.82, 2.24) is 30.6 Å². The molecule has 0 aromatic carbocycles. The first-order valence-corrected chi connectivity index (χ1v) is 9.35. The van der Waals surface area contributed by atoms with E-state index in [0.717, 1.165) is 37.9 Å². The van der Waals surface area contributed by atoms with Crippen LogP contribution in [0.2, 0.25) is 0 Å². The Balaban J connectivity index is 1.40. The molecule has 1 atom stereocenters. The predicted molar refractivity (Wildman–Crippen MR) is 94.8 cm³/mol. The Bertz CT molecular complexity index is 763. The van der Waals surface area contributed by atoms with E-state index in [1.165, 1.54) is 12.8 Å². The Labute approximate surface area is 151 Å². The van der Waals surface area contributed by atoms with Crippen LogP contribution in [0.15, 0.2) is 18.3 Å². The van der Waals surface area contributed by atoms with Gasteiger partial charge in [0.15, 0.2) is 0 Å². The summed E-state index contributed by atoms with van der Waals surface area (Å²) in [6.45, 7) is 1.35. The lowest BCUT2D eigenvalue weighted by Crippen LogP contribution is -2.39. The van der Waals surface area contributed by atoms with Crippen LogP contribution in [-0.2, 0) is 0 Å². The summed E-state index contributed by atoms with van der Waals surface area (Å²) in [7, 11) is 0. The first kappa shape index (κ1) is 16.8. The summed E-state index contributed by atoms with van der Waals surface area (Å²) in [4.78, 5) is 26.7. The van der Waals surface area contributed by atoms with Gasteiger partial charge in [0.05, 0.1) is 0 Å². The summed E-state index contributed by atoms with van der Waals surface area (Å²) in [5.41, 5.74) is 1.86. The van der Waals surface area contributed by atoms with Crippen molar-refractivity contribution in [3.8, 4) is 0 Å². The molecule has 1 aliphatic heterocycles. The number of aromatic amines is 2. The van der Waals surface area contributed by atoms with Crippen LogP contribution in [0.1, 0.15) is 71.1 Å². The lowest BCUT2D eigenvalue weighted by atomic mass is 9.94. The number of likely N-dealkylation sites (tertiary alicyclic amines) is 1. The number of nitrogens with zero attached hydrogens (tertiary/aromatic N) is 3. The second kappa shape index (κ2) is 7.31. The van der Waals surface area contributed by atoms with Gasteiger partial charge in [-0.2, -0.15) is 10.2 Å². The van der Waals surface area contributed by atoms with Gasteiger partial charge in [0, 0.05) is 36.9 Å². The molecule has 0 radical (unpaired) electrons. The number of H-pyrrole nitrogens is 2. The fraction of sp³-hybridized carbons (Fsp3) is 0.556. The fourth-order valence-electron chi connectivity index (χ4n) is 3.95. The Morgan fingerprint density at radius 3 is 2.77 bits per heavy atom. The van der Waals surface area contributed by atoms with E-state index in [1.807, 2.05) is 11.0 Å². The van der Waals surface area contributed by atoms with E-state index in [4.69, 9.17) is 0 Å². The van der Waals surface area contributed by atoms with Crippen molar-refractivity contribution in [3.05, 3.63) is 35.4 Å². The van der Waals surface area contributed by atoms with Gasteiger partial charge in [-0.1, -0.05) is 12.8 Å². The molecular weight excluding hydrogens is 332 g/mol. The Morgan fingerprint density at radius 2 is 2.00 bits per heavy atom. The fourth-order valence-corrected chi connectivity index (χ4v) is 3.95. The van der Waals surface area contributed by atoms with E-state index in [-0.39, 0.29) is 23.8 Å². The molecule has 8 heteroatoms. The van der Waals surface area contributed by atoms with Crippen molar-refractivity contribution >= 4 is 11.8 Å². The number of amides is 2. The summed E-state index contributed by atoms with van der Waals surface area (Å²) in [5.74, 6) is 0.0164. The van der Waals surface area contributed by atoms with E-state index in [2.05, 4.69) is 25.7 Å². The van der Waals surface area contributed by atoms with E-state index in [9.17, 15) is 9.59 Å². The molecule has 4 rings (SSSR count). The number of piperidine rings is 1. The number of hydrogen-bond acceptors (Lipinski definition) is 4. The first-order valence-electron chi connectivity index (χ1n) is 9.35. The van der Waals surface area contributed by atoms with E-state index >= 15 is 0 Å². The van der Waals surface area contributed by atoms with Gasteiger partial charge in [0.2, 0.25) is 0 Å². The zero-order chi connectivity index (χ0) is 17.9. The highest BCUT2D eigenvalue weighted by molar-refractivity contribution is 5.93. The van der Waals surface area contributed by atoms with Gasteiger partial charge in [-0.25, -0.2) is 0 Å². The molecule has 8 nitrogen and oxygen atoms in total. The zero-order valence-corrected chi connectivity index (χ0v) is 14.7. The molecule has 2 amide bonds. The lowest BCUT2D eigenvalue weighted by molar-refractivity contribution is 0.0699. The average Bonchev–Trinajstić information content (AvgIpc) is 3.42. The number of hydrogen-bond donors (Lipinski definition) is 3. The molecule has 2 aliphatic rings. The number of carbonyl (C=O) groups excluding carboxylic acids is 2. The molecule has 1 saturated carbocycles. The lowest BCUT2D eigenvalue weighted by Gasteiger charge is -2.31. The smallest absolute Gasteiger partial charge is 0.271 e. The van der Waals surface area contributed by atoms with Crippen LogP contribution in [-0.4, -0.2) is 56.2 Å². The Morgan fingerprint density at radius 1 is 1.15 bits per heavy atom. The molecule has 2 aromatic heterocycles. The molecule has 1 aliphatic carbocycles. The second-order valence-corrected chi connectivity index (χ2v) is 7.22. The van der Waals surface area contributed by atoms with E-state index in [0.29, 0.717) is 17.9 Å². The highest BCUT2D eigenvalue weighted by atomic mass is 16.2. The number of carbonyl (C=O) groups is 2. The van der Waals surface area contributed by atoms with Crippen LogP contribution in [0, 0.1) is 0 Å². The molecule has 1 saturated heterocycles. The Hall–Kier alpha value is -2.64. The van der Waals surface area contributed by atoms with Crippen LogP contribution in [0.3, 0.4) is 0 Å². The average molecular weight is 356 g/mol. The first-order chi connectivity index (χ1) is 12.7. The van der Waals surface area contributed by atoms with Crippen LogP contribution >= 0.6 is 0 Å². The third-order valence-electron chi connectivity index (χ3n) is 5.40. The van der Waals surface area contributed by atoms with Crippen molar-refractivity contribution in [3.63, 3.8) is 0 Å². The van der Waals surface area contributed by atoms with Crippen molar-refractivity contribution in [2.45, 2.75) is 50.5 Å². The maximum absolute atomic E-state index is 12.5. The zero-order valence-electron chi connectivity index (χ0n) is 14.7. The monoisotopic (exact) mass is 356 g/mol. The summed E-state index contributed by atoms with van der Waals surface area (Å²) >= 11 is 0. The standard InChI is InChI=1S/C18H24N6O2/c25-17(20-13-5-1-2-6-13)16-10-15(22-23-16)12-4-3-9-24(11-12)18(26)14-7-8-19-21-14/h7-8,10,12-13H,1-6,9,11H2,(H,19,21)(H,20,25)(H,22,23). The van der Waals surface area contributed by atoms with Gasteiger partial charge in [0.1, 0.15) is 11.4 Å². The molecule has 1 unspecified atom stereocenters. The van der Waals surface area contributed by atoms with Crippen LogP contribution in [0.25, 0.3) is 0 Å². The summed E-state index contributed by atoms with van der Waals surface area (Å²) in [6.07, 6.45) is 7.94. The maximum Gasteiger partial charge on any atom is 0.271 e. The third kappa shape index (κ3) is 3.49. The molecule has 2 aromatic rings. The highest BCUT2D eigenvalue weighted by Gasteiger charge is 2.28. The van der Waals surface area contributed by atoms with E-state index in [1.54, 1.807) is 12.3 Å². The maximum atomic E-state index is 12.5. The second-order valence-electron chi connectivity index (χ2n) is 7.22. The number of rotatable bonds is 4. The van der Waals surface area contributed by atoms with Crippen molar-refractivity contribution in [2.75, 3.05) is 13.1 Å². The minimum Gasteiger partial charge on any atom is -0.348 e. The molecule has 3 N–H and O–H groups in total. The summed E-state index contributed by atoms with van der Waals surface area (Å²) in [5, 5.41) is 16.8. The predicted octanol–water partition coefficient (Wildman–Crippen LogP) is 1.82. The summed E-state index contributed by atoms with van der Waals surface area (Å²) in [6, 6.07) is 3.80. The van der Waals surface area contributed by atoms with Gasteiger partial charge in [-0.05, 0) is 37.8 Å². The van der Waals surface area contributed by atoms with Gasteiger partial charge >= 0.3 is 0 Å². The molecule has 0 spiro atoms. The SMILES string of the molecule is O=C(NC1CCCC1)c1cc(C2CCCN(C(=O)c3ccn[nH]3)C2)[nH]n1. The topological polar surface area (TPSA) is 107 Å². The molecule has 26 heavy (non-hydrogen) atoms. The third-order valence-corrected chi connectivity index (χ3v) is 5.40. The van der Waals surface area contributed by atoms with Crippen LogP contribution < -0.4 is 5.32 Å². The molecule has 3 heterocycles. The number of aromatic nitrogens is 4. The number of nitrogens with one attached hydrogen (secondary N) is 3. The molecule has 2 fully saturated rings. The van der Waals surface area contributed by atoms with Crippen LogP contribution in [0.5, 0.6) is 0 Å². The van der Waals surface area contributed by atoms with Gasteiger partial charge in [0.25, 0.3) is 11.8 Å². The van der Waals surface area contributed by atoms with Gasteiger partial charge < -0.3 is 10.2 Å². The van der Waals surface area contributed by atoms with Gasteiger partial charge in [-0.15, -0.1) is 0 Å². The summed E-state index contributed by atoms with van der Waals surface area (Å²) < 4.78 is 0. The molecular formula is C18H24N6O2. The quantitative estimate of drug-likeness (QED) is 0.777. The largest absolute Gasteiger partial charge is 0.348 e. The molecule has 0 bridgehead atoms. The van der Waals surface area contributed by atoms with Crippen molar-refractivity contribution in [1.29, 1.82) is 0 Å². The van der Waals surface area contributed by atoms with Crippen molar-refractivity contribution in [2.24, 2.45) is 0 Å². The minimum absolute atomic E-state index is 0.0362. The van der Waals surface area contributed by atoms with Crippen molar-refractivity contribution < 1.29 is 9.59 Å². The van der Waals surface area contributed by atoms with Crippen LogP contribution in [0.4, 0.5) is 0 Å². The van der Waals surface area contributed by atoms with Gasteiger partial charge in [-0.3, -0.25) is 19.8 Å². The molecule has 138 valence electrons.